The van der Waals surface area contributed by atoms with Gasteiger partial charge in [0, 0.05) is 6.61 Å². The van der Waals surface area contributed by atoms with Gasteiger partial charge in [0.1, 0.15) is 0 Å². The van der Waals surface area contributed by atoms with Crippen molar-refractivity contribution in [3.63, 3.8) is 0 Å². The van der Waals surface area contributed by atoms with Crippen LogP contribution in [0.25, 0.3) is 11.1 Å². The van der Waals surface area contributed by atoms with E-state index >= 15 is 0 Å². The van der Waals surface area contributed by atoms with Gasteiger partial charge in [0.2, 0.25) is 10.5 Å². The van der Waals surface area contributed by atoms with Crippen molar-refractivity contribution in [2.24, 2.45) is 0 Å². The zero-order chi connectivity index (χ0) is 13.2. The number of hydrogen-bond donors (Lipinski definition) is 0. The van der Waals surface area contributed by atoms with Gasteiger partial charge in [-0.05, 0) is 30.0 Å². The monoisotopic (exact) mass is 255 g/mol. The maximum Gasteiger partial charge on any atom is 0.246 e. The molecule has 0 bridgehead atoms. The molecular weight excluding hydrogens is 236 g/mol. The number of hydrogen-bond acceptors (Lipinski definition) is 1. The largest absolute Gasteiger partial charge is 0.419 e. The van der Waals surface area contributed by atoms with Crippen molar-refractivity contribution in [2.45, 2.75) is 20.3 Å². The Morgan fingerprint density at radius 3 is 2.00 bits per heavy atom. The second kappa shape index (κ2) is 8.67. The van der Waals surface area contributed by atoms with Crippen LogP contribution in [-0.4, -0.2) is 17.1 Å². The van der Waals surface area contributed by atoms with Crippen LogP contribution >= 0.6 is 0 Å². The summed E-state index contributed by atoms with van der Waals surface area (Å²) in [5, 5.41) is 0. The molecule has 0 aromatic heterocycles. The predicted octanol–water partition coefficient (Wildman–Crippen LogP) is 4.02. The van der Waals surface area contributed by atoms with Gasteiger partial charge >= 0.3 is 0 Å². The highest BCUT2D eigenvalue weighted by atomic mass is 28.2. The van der Waals surface area contributed by atoms with Crippen LogP contribution in [0, 0.1) is 0 Å². The van der Waals surface area contributed by atoms with Gasteiger partial charge in [-0.15, -0.1) is 0 Å². The van der Waals surface area contributed by atoms with Crippen molar-refractivity contribution in [1.82, 2.24) is 0 Å². The maximum atomic E-state index is 4.35. The summed E-state index contributed by atoms with van der Waals surface area (Å²) < 4.78 is 4.35. The van der Waals surface area contributed by atoms with E-state index in [-0.39, 0.29) is 0 Å². The van der Waals surface area contributed by atoms with Gasteiger partial charge in [0.05, 0.1) is 0 Å². The molecule has 3 radical (unpaired) electrons. The molecule has 0 amide bonds. The van der Waals surface area contributed by atoms with E-state index < -0.39 is 0 Å². The Hall–Kier alpha value is -1.38. The van der Waals surface area contributed by atoms with Crippen molar-refractivity contribution in [1.29, 1.82) is 0 Å². The minimum atomic E-state index is 0.733. The van der Waals surface area contributed by atoms with E-state index in [4.69, 9.17) is 0 Å². The quantitative estimate of drug-likeness (QED) is 0.753. The van der Waals surface area contributed by atoms with Gasteiger partial charge in [-0.25, -0.2) is 0 Å². The average Bonchev–Trinajstić information content (AvgIpc) is 2.48. The van der Waals surface area contributed by atoms with Crippen LogP contribution in [0.15, 0.2) is 54.6 Å². The Labute approximate surface area is 113 Å². The molecule has 93 valence electrons. The highest BCUT2D eigenvalue weighted by Crippen LogP contribution is 2.23. The van der Waals surface area contributed by atoms with E-state index in [1.165, 1.54) is 16.7 Å². The van der Waals surface area contributed by atoms with Crippen molar-refractivity contribution in [3.05, 3.63) is 60.2 Å². The fourth-order valence-corrected chi connectivity index (χ4v) is 1.73. The van der Waals surface area contributed by atoms with E-state index in [9.17, 15) is 0 Å². The minimum absolute atomic E-state index is 0.733. The molecule has 1 nitrogen and oxygen atoms in total. The normalized spacial score (nSPS) is 9.50. The molecule has 0 aliphatic carbocycles. The molecule has 2 rings (SSSR count). The second-order valence-corrected chi connectivity index (χ2v) is 4.10. The van der Waals surface area contributed by atoms with Crippen molar-refractivity contribution in [2.75, 3.05) is 6.61 Å². The lowest BCUT2D eigenvalue weighted by atomic mass is 9.98. The lowest BCUT2D eigenvalue weighted by molar-refractivity contribution is 0.375. The Bertz CT molecular complexity index is 438. The third-order valence-electron chi connectivity index (χ3n) is 2.63. The van der Waals surface area contributed by atoms with Crippen LogP contribution in [0.4, 0.5) is 0 Å². The maximum absolute atomic E-state index is 4.35. The van der Waals surface area contributed by atoms with Crippen LogP contribution in [0.5, 0.6) is 0 Å². The number of rotatable bonds is 3. The summed E-state index contributed by atoms with van der Waals surface area (Å²) in [6.07, 6.45) is 1.09. The molecule has 2 aromatic carbocycles. The van der Waals surface area contributed by atoms with E-state index in [2.05, 4.69) is 76.4 Å². The van der Waals surface area contributed by atoms with Gasteiger partial charge in [-0.2, -0.15) is 0 Å². The zero-order valence-electron chi connectivity index (χ0n) is 11.0. The van der Waals surface area contributed by atoms with Crippen LogP contribution in [0.1, 0.15) is 19.4 Å². The first kappa shape index (κ1) is 14.7. The molecule has 0 aliphatic heterocycles. The molecule has 0 saturated heterocycles. The molecule has 2 aromatic rings. The van der Waals surface area contributed by atoms with Gasteiger partial charge in [-0.3, -0.25) is 0 Å². The lowest BCUT2D eigenvalue weighted by Crippen LogP contribution is -1.85. The standard InChI is InChI=1S/C14H14.C2H5OSi/c1-2-12-8-6-7-11-14(12)13-9-4-3-5-10-13;1-2-3-4/h3-11H,2H2,1H3;2H2,1H3. The first-order valence-electron chi connectivity index (χ1n) is 6.25. The number of benzene rings is 2. The summed E-state index contributed by atoms with van der Waals surface area (Å²) in [6, 6.07) is 19.1. The van der Waals surface area contributed by atoms with E-state index in [0.29, 0.717) is 0 Å². The fraction of sp³-hybridized carbons (Fsp3) is 0.250. The molecule has 0 saturated carbocycles. The first-order valence-corrected chi connectivity index (χ1v) is 6.66. The van der Waals surface area contributed by atoms with Gasteiger partial charge in [0.15, 0.2) is 0 Å². The predicted molar refractivity (Wildman–Crippen MR) is 78.6 cm³/mol. The molecule has 0 N–H and O–H groups in total. The van der Waals surface area contributed by atoms with Crippen molar-refractivity contribution < 1.29 is 4.43 Å². The summed E-state index contributed by atoms with van der Waals surface area (Å²) in [5.41, 5.74) is 4.08. The molecular formula is C16H19OSi. The Morgan fingerprint density at radius 1 is 0.889 bits per heavy atom. The molecule has 18 heavy (non-hydrogen) atoms. The molecule has 2 heteroatoms. The fourth-order valence-electron chi connectivity index (χ4n) is 1.73. The van der Waals surface area contributed by atoms with Crippen molar-refractivity contribution in [3.8, 4) is 11.1 Å². The van der Waals surface area contributed by atoms with E-state index in [0.717, 1.165) is 13.0 Å². The molecule has 0 unspecified atom stereocenters. The lowest BCUT2D eigenvalue weighted by Gasteiger charge is -2.06. The highest BCUT2D eigenvalue weighted by molar-refractivity contribution is 5.97. The Balaban J connectivity index is 0.000000357. The average molecular weight is 255 g/mol. The first-order chi connectivity index (χ1) is 8.83. The van der Waals surface area contributed by atoms with Crippen LogP contribution < -0.4 is 0 Å². The molecule has 0 fully saturated rings. The van der Waals surface area contributed by atoms with Crippen LogP contribution in [0.2, 0.25) is 0 Å². The second-order valence-electron chi connectivity index (χ2n) is 3.81. The topological polar surface area (TPSA) is 9.23 Å². The summed E-state index contributed by atoms with van der Waals surface area (Å²) in [5.74, 6) is 0. The SMILES string of the molecule is CCO[Si].CCc1ccccc1-c1ccccc1. The third kappa shape index (κ3) is 4.47. The van der Waals surface area contributed by atoms with Crippen molar-refractivity contribution >= 4 is 10.5 Å². The number of aryl methyl sites for hydroxylation is 1. The van der Waals surface area contributed by atoms with E-state index in [1.54, 1.807) is 0 Å². The smallest absolute Gasteiger partial charge is 0.246 e. The highest BCUT2D eigenvalue weighted by Gasteiger charge is 2.00. The van der Waals surface area contributed by atoms with Crippen LogP contribution in [-0.2, 0) is 10.8 Å². The Kier molecular flexibility index (Phi) is 7.07. The summed E-state index contributed by atoms with van der Waals surface area (Å²) in [4.78, 5) is 0. The van der Waals surface area contributed by atoms with Gasteiger partial charge in [0.25, 0.3) is 0 Å². The third-order valence-corrected chi connectivity index (χ3v) is 2.92. The molecule has 0 spiro atoms. The molecule has 0 atom stereocenters. The van der Waals surface area contributed by atoms with Gasteiger partial charge in [-0.1, -0.05) is 61.5 Å². The van der Waals surface area contributed by atoms with Gasteiger partial charge < -0.3 is 4.43 Å². The minimum Gasteiger partial charge on any atom is -0.419 e. The summed E-state index contributed by atoms with van der Waals surface area (Å²) >= 11 is 0. The van der Waals surface area contributed by atoms with E-state index in [1.807, 2.05) is 6.92 Å². The van der Waals surface area contributed by atoms with Crippen LogP contribution in [0.3, 0.4) is 0 Å². The Morgan fingerprint density at radius 2 is 1.44 bits per heavy atom. The molecule has 0 aliphatic rings. The molecule has 0 heterocycles. The zero-order valence-corrected chi connectivity index (χ0v) is 12.0. The summed E-state index contributed by atoms with van der Waals surface area (Å²) in [7, 11) is 2.79. The summed E-state index contributed by atoms with van der Waals surface area (Å²) in [6.45, 7) is 4.84.